The highest BCUT2D eigenvalue weighted by Gasteiger charge is 2.24. The molecule has 0 heterocycles. The lowest BCUT2D eigenvalue weighted by atomic mass is 9.85. The molecule has 1 aliphatic rings. The molecule has 0 bridgehead atoms. The van der Waals surface area contributed by atoms with Crippen molar-refractivity contribution in [1.82, 2.24) is 0 Å². The molecule has 0 aromatic heterocycles. The lowest BCUT2D eigenvalue weighted by Gasteiger charge is -2.28. The average molecular weight is 345 g/mol. The second kappa shape index (κ2) is 10.8. The minimum Gasteiger partial charge on any atom is -0.497 e. The van der Waals surface area contributed by atoms with Gasteiger partial charge in [-0.3, -0.25) is 5.32 Å². The third-order valence-electron chi connectivity index (χ3n) is 4.74. The van der Waals surface area contributed by atoms with Gasteiger partial charge >= 0.3 is 6.09 Å². The number of benzene rings is 1. The Balaban J connectivity index is 1.93. The molecular formula is C21H31NO3. The Labute approximate surface area is 151 Å². The predicted molar refractivity (Wildman–Crippen MR) is 102 cm³/mol. The third kappa shape index (κ3) is 6.81. The smallest absolute Gasteiger partial charge is 0.412 e. The van der Waals surface area contributed by atoms with Crippen LogP contribution in [-0.2, 0) is 4.74 Å². The molecule has 0 spiro atoms. The summed E-state index contributed by atoms with van der Waals surface area (Å²) in [5, 5.41) is 2.81. The van der Waals surface area contributed by atoms with Gasteiger partial charge in [-0.15, -0.1) is 0 Å². The molecule has 138 valence electrons. The molecule has 4 heteroatoms. The zero-order chi connectivity index (χ0) is 17.9. The number of amides is 1. The lowest BCUT2D eigenvalue weighted by Crippen LogP contribution is -2.29. The fourth-order valence-electron chi connectivity index (χ4n) is 3.25. The van der Waals surface area contributed by atoms with Crippen LogP contribution in [0.5, 0.6) is 5.75 Å². The van der Waals surface area contributed by atoms with Crippen LogP contribution in [0.2, 0.25) is 0 Å². The summed E-state index contributed by atoms with van der Waals surface area (Å²) in [7, 11) is 1.62. The number of hydrogen-bond donors (Lipinski definition) is 1. The molecule has 4 nitrogen and oxygen atoms in total. The van der Waals surface area contributed by atoms with Gasteiger partial charge in [0.05, 0.1) is 7.11 Å². The van der Waals surface area contributed by atoms with Gasteiger partial charge < -0.3 is 9.47 Å². The summed E-state index contributed by atoms with van der Waals surface area (Å²) >= 11 is 0. The lowest BCUT2D eigenvalue weighted by molar-refractivity contribution is 0.0860. The molecule has 1 N–H and O–H groups in total. The monoisotopic (exact) mass is 345 g/mol. The van der Waals surface area contributed by atoms with Gasteiger partial charge in [0, 0.05) is 5.69 Å². The molecule has 0 aliphatic heterocycles. The number of unbranched alkanes of at least 4 members (excludes halogenated alkanes) is 2. The van der Waals surface area contributed by atoms with Gasteiger partial charge in [0.1, 0.15) is 11.9 Å². The standard InChI is InChI=1S/C21H31NO3/c1-3-4-5-9-12-20(17-10-7-6-8-11-17)25-21(23)22-18-13-15-19(24-2)16-14-18/h9,12-17,20H,3-8,10-11H2,1-2H3,(H,22,23)/b12-9+. The van der Waals surface area contributed by atoms with Gasteiger partial charge in [-0.1, -0.05) is 45.1 Å². The average Bonchev–Trinajstić information content (AvgIpc) is 2.65. The Bertz CT molecular complexity index is 533. The number of anilines is 1. The number of rotatable bonds is 8. The van der Waals surface area contributed by atoms with Gasteiger partial charge in [0.25, 0.3) is 0 Å². The summed E-state index contributed by atoms with van der Waals surface area (Å²) in [6, 6.07) is 7.26. The van der Waals surface area contributed by atoms with E-state index in [1.54, 1.807) is 7.11 Å². The number of nitrogens with one attached hydrogen (secondary N) is 1. The molecule has 0 radical (unpaired) electrons. The van der Waals surface area contributed by atoms with E-state index >= 15 is 0 Å². The molecule has 2 rings (SSSR count). The van der Waals surface area contributed by atoms with Crippen molar-refractivity contribution < 1.29 is 14.3 Å². The van der Waals surface area contributed by atoms with E-state index < -0.39 is 0 Å². The minimum absolute atomic E-state index is 0.129. The SMILES string of the molecule is CCCC/C=C/C(OC(=O)Nc1ccc(OC)cc1)C1CCCCC1. The first-order valence-corrected chi connectivity index (χ1v) is 9.51. The zero-order valence-electron chi connectivity index (χ0n) is 15.5. The molecule has 25 heavy (non-hydrogen) atoms. The molecular weight excluding hydrogens is 314 g/mol. The van der Waals surface area contributed by atoms with Crippen molar-refractivity contribution in [1.29, 1.82) is 0 Å². The highest BCUT2D eigenvalue weighted by Crippen LogP contribution is 2.29. The van der Waals surface area contributed by atoms with Crippen LogP contribution in [0.3, 0.4) is 0 Å². The van der Waals surface area contributed by atoms with E-state index in [2.05, 4.69) is 24.4 Å². The summed E-state index contributed by atoms with van der Waals surface area (Å²) in [5.41, 5.74) is 0.711. The molecule has 1 aromatic rings. The summed E-state index contributed by atoms with van der Waals surface area (Å²) in [6.45, 7) is 2.19. The molecule has 0 saturated heterocycles. The van der Waals surface area contributed by atoms with Gasteiger partial charge in [0.2, 0.25) is 0 Å². The highest BCUT2D eigenvalue weighted by molar-refractivity contribution is 5.84. The number of allylic oxidation sites excluding steroid dienone is 1. The Morgan fingerprint density at radius 2 is 1.96 bits per heavy atom. The van der Waals surface area contributed by atoms with Crippen LogP contribution < -0.4 is 10.1 Å². The van der Waals surface area contributed by atoms with Crippen molar-refractivity contribution in [3.05, 3.63) is 36.4 Å². The Morgan fingerprint density at radius 3 is 2.60 bits per heavy atom. The number of carbonyl (C=O) groups is 1. The van der Waals surface area contributed by atoms with E-state index in [0.717, 1.165) is 25.0 Å². The molecule has 1 saturated carbocycles. The maximum Gasteiger partial charge on any atom is 0.412 e. The third-order valence-corrected chi connectivity index (χ3v) is 4.74. The van der Waals surface area contributed by atoms with Crippen molar-refractivity contribution in [2.24, 2.45) is 5.92 Å². The Hall–Kier alpha value is -1.97. The number of methoxy groups -OCH3 is 1. The van der Waals surface area contributed by atoms with Gasteiger partial charge in [-0.2, -0.15) is 0 Å². The van der Waals surface area contributed by atoms with E-state index in [1.165, 1.54) is 32.1 Å². The van der Waals surface area contributed by atoms with Crippen molar-refractivity contribution in [3.63, 3.8) is 0 Å². The van der Waals surface area contributed by atoms with Crippen LogP contribution in [0.25, 0.3) is 0 Å². The maximum atomic E-state index is 12.3. The van der Waals surface area contributed by atoms with Gasteiger partial charge in [-0.25, -0.2) is 4.79 Å². The van der Waals surface area contributed by atoms with Crippen molar-refractivity contribution in [2.75, 3.05) is 12.4 Å². The van der Waals surface area contributed by atoms with E-state index in [4.69, 9.17) is 9.47 Å². The first-order chi connectivity index (χ1) is 12.2. The fourth-order valence-corrected chi connectivity index (χ4v) is 3.25. The molecule has 1 aliphatic carbocycles. The second-order valence-electron chi connectivity index (χ2n) is 6.69. The van der Waals surface area contributed by atoms with Crippen LogP contribution in [-0.4, -0.2) is 19.3 Å². The first-order valence-electron chi connectivity index (χ1n) is 9.51. The van der Waals surface area contributed by atoms with E-state index in [-0.39, 0.29) is 12.2 Å². The molecule has 1 atom stereocenters. The summed E-state index contributed by atoms with van der Waals surface area (Å²) in [6.07, 6.45) is 13.2. The van der Waals surface area contributed by atoms with Crippen molar-refractivity contribution in [2.45, 2.75) is 64.4 Å². The van der Waals surface area contributed by atoms with Crippen molar-refractivity contribution >= 4 is 11.8 Å². The number of carbonyl (C=O) groups excluding carboxylic acids is 1. The molecule has 1 fully saturated rings. The minimum atomic E-state index is -0.388. The number of ether oxygens (including phenoxy) is 2. The van der Waals surface area contributed by atoms with Crippen LogP contribution >= 0.6 is 0 Å². The van der Waals surface area contributed by atoms with Crippen LogP contribution in [0, 0.1) is 5.92 Å². The van der Waals surface area contributed by atoms with Gasteiger partial charge in [0.15, 0.2) is 0 Å². The first kappa shape index (κ1) is 19.4. The molecule has 1 unspecified atom stereocenters. The zero-order valence-corrected chi connectivity index (χ0v) is 15.5. The Kier molecular flexibility index (Phi) is 8.36. The van der Waals surface area contributed by atoms with E-state index in [0.29, 0.717) is 11.6 Å². The number of hydrogen-bond acceptors (Lipinski definition) is 3. The van der Waals surface area contributed by atoms with Crippen LogP contribution in [0.15, 0.2) is 36.4 Å². The Morgan fingerprint density at radius 1 is 1.24 bits per heavy atom. The molecule has 1 aromatic carbocycles. The topological polar surface area (TPSA) is 47.6 Å². The summed E-state index contributed by atoms with van der Waals surface area (Å²) < 4.78 is 10.9. The normalized spacial score (nSPS) is 16.6. The van der Waals surface area contributed by atoms with E-state index in [9.17, 15) is 4.79 Å². The maximum absolute atomic E-state index is 12.3. The molecule has 1 amide bonds. The van der Waals surface area contributed by atoms with Crippen molar-refractivity contribution in [3.8, 4) is 5.75 Å². The van der Waals surface area contributed by atoms with Crippen LogP contribution in [0.1, 0.15) is 58.3 Å². The largest absolute Gasteiger partial charge is 0.497 e. The highest BCUT2D eigenvalue weighted by atomic mass is 16.6. The quantitative estimate of drug-likeness (QED) is 0.468. The van der Waals surface area contributed by atoms with Gasteiger partial charge in [-0.05, 0) is 55.5 Å². The second-order valence-corrected chi connectivity index (χ2v) is 6.69. The predicted octanol–water partition coefficient (Wildman–Crippen LogP) is 5.94. The van der Waals surface area contributed by atoms with Crippen LogP contribution in [0.4, 0.5) is 10.5 Å². The summed E-state index contributed by atoms with van der Waals surface area (Å²) in [5.74, 6) is 1.20. The van der Waals surface area contributed by atoms with E-state index in [1.807, 2.05) is 24.3 Å². The fraction of sp³-hybridized carbons (Fsp3) is 0.571. The summed E-state index contributed by atoms with van der Waals surface area (Å²) in [4.78, 5) is 12.3.